The van der Waals surface area contributed by atoms with Crippen molar-refractivity contribution >= 4 is 23.4 Å². The monoisotopic (exact) mass is 465 g/mol. The van der Waals surface area contributed by atoms with Gasteiger partial charge in [0, 0.05) is 23.8 Å². The van der Waals surface area contributed by atoms with Gasteiger partial charge in [-0.2, -0.15) is 0 Å². The van der Waals surface area contributed by atoms with Gasteiger partial charge >= 0.3 is 0 Å². The normalized spacial score (nSPS) is 26.8. The second-order valence-corrected chi connectivity index (χ2v) is 9.82. The molecule has 4 atom stereocenters. The van der Waals surface area contributed by atoms with E-state index in [9.17, 15) is 14.4 Å². The second kappa shape index (κ2) is 8.17. The van der Waals surface area contributed by atoms with Gasteiger partial charge in [-0.1, -0.05) is 78.4 Å². The maximum absolute atomic E-state index is 13.9. The summed E-state index contributed by atoms with van der Waals surface area (Å²) in [7, 11) is 0. The number of rotatable bonds is 5. The highest BCUT2D eigenvalue weighted by molar-refractivity contribution is 6.15. The van der Waals surface area contributed by atoms with E-state index in [4.69, 9.17) is 0 Å². The number of nitrogens with one attached hydrogen (secondary N) is 2. The summed E-state index contributed by atoms with van der Waals surface area (Å²) in [5, 5.41) is 6.50. The van der Waals surface area contributed by atoms with Gasteiger partial charge in [0.2, 0.25) is 17.7 Å². The molecule has 6 nitrogen and oxygen atoms in total. The van der Waals surface area contributed by atoms with Crippen LogP contribution in [0.5, 0.6) is 0 Å². The number of nitrogens with zero attached hydrogens (tertiary/aromatic N) is 1. The van der Waals surface area contributed by atoms with Gasteiger partial charge in [-0.25, -0.2) is 0 Å². The minimum Gasteiger partial charge on any atom is -0.324 e. The topological polar surface area (TPSA) is 78.5 Å². The molecule has 6 rings (SSSR count). The minimum atomic E-state index is -1.25. The molecule has 6 heteroatoms. The molecule has 0 aliphatic carbocycles. The van der Waals surface area contributed by atoms with Gasteiger partial charge < -0.3 is 5.32 Å². The zero-order chi connectivity index (χ0) is 24.2. The highest BCUT2D eigenvalue weighted by atomic mass is 16.2. The zero-order valence-corrected chi connectivity index (χ0v) is 19.5. The summed E-state index contributed by atoms with van der Waals surface area (Å²) in [4.78, 5) is 42.7. The Labute approximate surface area is 204 Å². The first-order chi connectivity index (χ1) is 17.0. The van der Waals surface area contributed by atoms with Gasteiger partial charge in [-0.3, -0.25) is 24.6 Å². The summed E-state index contributed by atoms with van der Waals surface area (Å²) < 4.78 is 0. The Bertz CT molecular complexity index is 1320. The lowest BCUT2D eigenvalue weighted by Crippen LogP contribution is -2.53. The first-order valence-corrected chi connectivity index (χ1v) is 12.1. The third kappa shape index (κ3) is 3.32. The molecule has 176 valence electrons. The van der Waals surface area contributed by atoms with Gasteiger partial charge in [-0.15, -0.1) is 0 Å². The third-order valence-corrected chi connectivity index (χ3v) is 7.73. The van der Waals surface area contributed by atoms with Crippen molar-refractivity contribution in [3.05, 3.63) is 101 Å². The molecule has 0 unspecified atom stereocenters. The molecule has 0 radical (unpaired) electrons. The van der Waals surface area contributed by atoms with E-state index in [1.165, 1.54) is 4.90 Å². The Kier molecular flexibility index (Phi) is 5.07. The molecule has 3 amide bonds. The SMILES string of the molecule is Cc1ccc2c(c1)[C@]1(N[C@@H](Cc3ccccc3)[C@H]3C(=O)N(CCc4ccccc4)C(=O)[C@H]31)C(=O)N2. The van der Waals surface area contributed by atoms with E-state index in [2.05, 4.69) is 10.6 Å². The number of hydrogen-bond acceptors (Lipinski definition) is 4. The number of benzene rings is 3. The first kappa shape index (κ1) is 21.7. The van der Waals surface area contributed by atoms with Crippen LogP contribution in [0, 0.1) is 18.8 Å². The largest absolute Gasteiger partial charge is 0.324 e. The standard InChI is InChI=1S/C29H27N3O3/c1-18-12-13-22-21(16-18)29(28(35)30-22)25-24(23(31-29)17-20-10-6-3-7-11-20)26(33)32(27(25)34)15-14-19-8-4-2-5-9-19/h2-13,16,23-25,31H,14-15,17H2,1H3,(H,30,35)/t23-,24+,25-,29+/m0/s1. The Hall–Kier alpha value is -3.77. The Morgan fingerprint density at radius 1 is 0.857 bits per heavy atom. The van der Waals surface area contributed by atoms with E-state index in [0.29, 0.717) is 25.1 Å². The van der Waals surface area contributed by atoms with Crippen molar-refractivity contribution in [2.24, 2.45) is 11.8 Å². The molecular weight excluding hydrogens is 438 g/mol. The van der Waals surface area contributed by atoms with Gasteiger partial charge in [0.05, 0.1) is 11.8 Å². The lowest BCUT2D eigenvalue weighted by atomic mass is 9.76. The quantitative estimate of drug-likeness (QED) is 0.568. The van der Waals surface area contributed by atoms with Gasteiger partial charge in [0.1, 0.15) is 5.54 Å². The third-order valence-electron chi connectivity index (χ3n) is 7.73. The van der Waals surface area contributed by atoms with Crippen LogP contribution in [0.2, 0.25) is 0 Å². The number of hydrogen-bond donors (Lipinski definition) is 2. The number of imide groups is 1. The van der Waals surface area contributed by atoms with E-state index in [1.54, 1.807) is 0 Å². The van der Waals surface area contributed by atoms with Crippen LogP contribution in [0.25, 0.3) is 0 Å². The lowest BCUT2D eigenvalue weighted by molar-refractivity contribution is -0.142. The molecule has 3 aliphatic heterocycles. The van der Waals surface area contributed by atoms with E-state index < -0.39 is 17.4 Å². The molecule has 2 saturated heterocycles. The number of carbonyl (C=O) groups is 3. The molecule has 3 aromatic rings. The predicted octanol–water partition coefficient (Wildman–Crippen LogP) is 3.20. The van der Waals surface area contributed by atoms with E-state index in [0.717, 1.165) is 22.3 Å². The number of carbonyl (C=O) groups excluding carboxylic acids is 3. The summed E-state index contributed by atoms with van der Waals surface area (Å²) in [6.45, 7) is 2.28. The second-order valence-electron chi connectivity index (χ2n) is 9.82. The fourth-order valence-electron chi connectivity index (χ4n) is 6.12. The van der Waals surface area contributed by atoms with Gasteiger partial charge in [0.25, 0.3) is 0 Å². The van der Waals surface area contributed by atoms with Crippen molar-refractivity contribution in [2.75, 3.05) is 11.9 Å². The van der Waals surface area contributed by atoms with Gasteiger partial charge in [0.15, 0.2) is 0 Å². The van der Waals surface area contributed by atoms with Crippen LogP contribution in [-0.2, 0) is 32.8 Å². The molecule has 0 saturated carbocycles. The molecule has 2 fully saturated rings. The van der Waals surface area contributed by atoms with Crippen LogP contribution in [0.3, 0.4) is 0 Å². The predicted molar refractivity (Wildman–Crippen MR) is 132 cm³/mol. The highest BCUT2D eigenvalue weighted by Crippen LogP contribution is 2.53. The van der Waals surface area contributed by atoms with Crippen LogP contribution in [0.4, 0.5) is 5.69 Å². The fraction of sp³-hybridized carbons (Fsp3) is 0.276. The summed E-state index contributed by atoms with van der Waals surface area (Å²) >= 11 is 0. The first-order valence-electron chi connectivity index (χ1n) is 12.1. The lowest BCUT2D eigenvalue weighted by Gasteiger charge is -2.29. The number of aryl methyl sites for hydroxylation is 1. The smallest absolute Gasteiger partial charge is 0.250 e. The zero-order valence-electron chi connectivity index (χ0n) is 19.5. The molecule has 3 aliphatic rings. The van der Waals surface area contributed by atoms with Crippen molar-refractivity contribution in [1.29, 1.82) is 0 Å². The van der Waals surface area contributed by atoms with Crippen LogP contribution in [0.15, 0.2) is 78.9 Å². The summed E-state index contributed by atoms with van der Waals surface area (Å²) in [5.74, 6) is -2.08. The Balaban J connectivity index is 1.41. The van der Waals surface area contributed by atoms with E-state index in [1.807, 2.05) is 85.8 Å². The average molecular weight is 466 g/mol. The Morgan fingerprint density at radius 2 is 1.54 bits per heavy atom. The number of amides is 3. The fourth-order valence-corrected chi connectivity index (χ4v) is 6.12. The molecule has 2 N–H and O–H groups in total. The Morgan fingerprint density at radius 3 is 2.26 bits per heavy atom. The van der Waals surface area contributed by atoms with Crippen molar-refractivity contribution in [1.82, 2.24) is 10.2 Å². The average Bonchev–Trinajstić information content (AvgIpc) is 3.44. The summed E-state index contributed by atoms with van der Waals surface area (Å²) in [6.07, 6.45) is 1.15. The van der Waals surface area contributed by atoms with Crippen molar-refractivity contribution in [2.45, 2.75) is 31.3 Å². The van der Waals surface area contributed by atoms with E-state index >= 15 is 0 Å². The van der Waals surface area contributed by atoms with Crippen molar-refractivity contribution in [3.8, 4) is 0 Å². The van der Waals surface area contributed by atoms with E-state index in [-0.39, 0.29) is 23.8 Å². The maximum Gasteiger partial charge on any atom is 0.250 e. The molecular formula is C29H27N3O3. The summed E-state index contributed by atoms with van der Waals surface area (Å²) in [5.41, 5.74) is 3.35. The highest BCUT2D eigenvalue weighted by Gasteiger charge is 2.70. The minimum absolute atomic E-state index is 0.185. The molecule has 0 aromatic heterocycles. The number of likely N-dealkylation sites (tertiary alicyclic amines) is 1. The molecule has 35 heavy (non-hydrogen) atoms. The van der Waals surface area contributed by atoms with Crippen molar-refractivity contribution in [3.63, 3.8) is 0 Å². The van der Waals surface area contributed by atoms with Crippen LogP contribution in [-0.4, -0.2) is 35.2 Å². The van der Waals surface area contributed by atoms with Crippen LogP contribution >= 0.6 is 0 Å². The van der Waals surface area contributed by atoms with Gasteiger partial charge in [-0.05, 0) is 37.0 Å². The molecule has 0 bridgehead atoms. The van der Waals surface area contributed by atoms with Crippen LogP contribution in [0.1, 0.15) is 22.3 Å². The van der Waals surface area contributed by atoms with Crippen LogP contribution < -0.4 is 10.6 Å². The molecule has 3 heterocycles. The molecule has 3 aromatic carbocycles. The maximum atomic E-state index is 13.9. The molecule has 1 spiro atoms. The number of anilines is 1. The summed E-state index contributed by atoms with van der Waals surface area (Å²) in [6, 6.07) is 25.2. The van der Waals surface area contributed by atoms with Crippen molar-refractivity contribution < 1.29 is 14.4 Å². The number of fused-ring (bicyclic) bond motifs is 4.